The first-order chi connectivity index (χ1) is 19.0. The average Bonchev–Trinajstić information content (AvgIpc) is 3.20. The summed E-state index contributed by atoms with van der Waals surface area (Å²) in [5.41, 5.74) is 1.77. The summed E-state index contributed by atoms with van der Waals surface area (Å²) >= 11 is 6.11. The zero-order chi connectivity index (χ0) is 29.1. The van der Waals surface area contributed by atoms with Crippen molar-refractivity contribution in [2.75, 3.05) is 43.7 Å². The molecule has 0 saturated heterocycles. The second-order valence-corrected chi connectivity index (χ2v) is 11.0. The monoisotopic (exact) mass is 566 g/mol. The van der Waals surface area contributed by atoms with Crippen LogP contribution in [0.1, 0.15) is 38.8 Å². The number of fused-ring (bicyclic) bond motifs is 1. The molecular weight excluding hydrogens is 536 g/mol. The van der Waals surface area contributed by atoms with Gasteiger partial charge in [0.15, 0.2) is 0 Å². The van der Waals surface area contributed by atoms with Crippen LogP contribution in [0.3, 0.4) is 0 Å². The van der Waals surface area contributed by atoms with Crippen LogP contribution in [-0.4, -0.2) is 65.2 Å². The first-order valence-corrected chi connectivity index (χ1v) is 12.9. The average molecular weight is 567 g/mol. The number of benzene rings is 1. The summed E-state index contributed by atoms with van der Waals surface area (Å²) in [5, 5.41) is 22.9. The molecule has 12 heteroatoms. The Labute approximate surface area is 237 Å². The van der Waals surface area contributed by atoms with Crippen molar-refractivity contribution in [3.8, 4) is 23.2 Å². The lowest BCUT2D eigenvalue weighted by molar-refractivity contribution is 0.0524. The highest BCUT2D eigenvalue weighted by Crippen LogP contribution is 2.45. The van der Waals surface area contributed by atoms with Gasteiger partial charge in [0.1, 0.15) is 17.4 Å². The minimum absolute atomic E-state index is 0.133. The number of carbonyl (C=O) groups is 1. The molecule has 0 spiro atoms. The van der Waals surface area contributed by atoms with Crippen molar-refractivity contribution < 1.29 is 24.1 Å². The quantitative estimate of drug-likeness (QED) is 0.363. The van der Waals surface area contributed by atoms with E-state index in [1.165, 1.54) is 18.2 Å². The molecule has 40 heavy (non-hydrogen) atoms. The number of aliphatic hydroxyl groups is 1. The third-order valence-electron chi connectivity index (χ3n) is 6.14. The van der Waals surface area contributed by atoms with E-state index in [9.17, 15) is 15.2 Å². The molecule has 11 nitrogen and oxygen atoms in total. The Balaban J connectivity index is 1.77. The smallest absolute Gasteiger partial charge is 0.414 e. The first-order valence-electron chi connectivity index (χ1n) is 12.6. The Morgan fingerprint density at radius 3 is 2.75 bits per heavy atom. The van der Waals surface area contributed by atoms with Gasteiger partial charge in [-0.25, -0.2) is 19.7 Å². The minimum atomic E-state index is -0.720. The van der Waals surface area contributed by atoms with E-state index in [1.54, 1.807) is 45.2 Å². The topological polar surface area (TPSA) is 143 Å². The lowest BCUT2D eigenvalue weighted by Gasteiger charge is -2.27. The number of rotatable bonds is 8. The van der Waals surface area contributed by atoms with Crippen LogP contribution in [0.25, 0.3) is 11.3 Å². The maximum atomic E-state index is 13.2. The second-order valence-electron chi connectivity index (χ2n) is 10.5. The molecule has 0 aliphatic carbocycles. The zero-order valence-corrected chi connectivity index (χ0v) is 23.7. The Hall–Kier alpha value is -3.98. The molecule has 1 aliphatic rings. The van der Waals surface area contributed by atoms with Gasteiger partial charge in [-0.05, 0) is 50.6 Å². The largest absolute Gasteiger partial charge is 0.480 e. The van der Waals surface area contributed by atoms with E-state index in [-0.39, 0.29) is 37.9 Å². The van der Waals surface area contributed by atoms with Crippen LogP contribution < -0.4 is 15.0 Å². The van der Waals surface area contributed by atoms with E-state index in [4.69, 9.17) is 25.8 Å². The number of pyridine rings is 1. The molecule has 4 rings (SSSR count). The summed E-state index contributed by atoms with van der Waals surface area (Å²) in [7, 11) is 1.49. The van der Waals surface area contributed by atoms with Crippen molar-refractivity contribution >= 4 is 35.0 Å². The third kappa shape index (κ3) is 6.25. The Kier molecular flexibility index (Phi) is 8.44. The number of nitrogens with zero attached hydrogens (tertiary/aromatic N) is 5. The fourth-order valence-electron chi connectivity index (χ4n) is 4.47. The molecule has 3 heterocycles. The summed E-state index contributed by atoms with van der Waals surface area (Å²) in [6, 6.07) is 9.19. The second kappa shape index (κ2) is 11.6. The molecule has 0 saturated carbocycles. The van der Waals surface area contributed by atoms with Crippen LogP contribution in [-0.2, 0) is 14.9 Å². The number of anilines is 3. The molecule has 2 N–H and O–H groups in total. The minimum Gasteiger partial charge on any atom is -0.480 e. The Bertz CT molecular complexity index is 1450. The van der Waals surface area contributed by atoms with Gasteiger partial charge < -0.3 is 24.6 Å². The van der Waals surface area contributed by atoms with Crippen molar-refractivity contribution in [3.05, 3.63) is 52.8 Å². The van der Waals surface area contributed by atoms with E-state index >= 15 is 0 Å². The number of amides is 1. The van der Waals surface area contributed by atoms with E-state index < -0.39 is 17.1 Å². The molecule has 0 fully saturated rings. The normalized spacial score (nSPS) is 16.3. The van der Waals surface area contributed by atoms with Gasteiger partial charge in [0.25, 0.3) is 0 Å². The number of aliphatic hydroxyl groups excluding tert-OH is 1. The van der Waals surface area contributed by atoms with Crippen molar-refractivity contribution in [2.24, 2.45) is 0 Å². The van der Waals surface area contributed by atoms with Crippen molar-refractivity contribution in [1.29, 1.82) is 5.26 Å². The third-order valence-corrected chi connectivity index (χ3v) is 6.34. The Morgan fingerprint density at radius 1 is 1.30 bits per heavy atom. The number of nitriles is 1. The number of carbonyl (C=O) groups excluding carboxylic acids is 1. The fourth-order valence-corrected chi connectivity index (χ4v) is 4.63. The number of methoxy groups -OCH3 is 1. The fraction of sp³-hybridized carbons (Fsp3) is 0.393. The van der Waals surface area contributed by atoms with E-state index in [1.807, 2.05) is 13.0 Å². The van der Waals surface area contributed by atoms with Crippen LogP contribution in [0.4, 0.5) is 22.1 Å². The molecule has 1 atom stereocenters. The van der Waals surface area contributed by atoms with Gasteiger partial charge in [-0.1, -0.05) is 18.5 Å². The van der Waals surface area contributed by atoms with Crippen molar-refractivity contribution in [2.45, 2.75) is 38.7 Å². The molecule has 1 unspecified atom stereocenters. The summed E-state index contributed by atoms with van der Waals surface area (Å²) in [4.78, 5) is 27.8. The summed E-state index contributed by atoms with van der Waals surface area (Å²) in [6.45, 7) is 7.77. The number of aromatic nitrogens is 3. The highest BCUT2D eigenvalue weighted by molar-refractivity contribution is 6.30. The predicted molar refractivity (Wildman–Crippen MR) is 150 cm³/mol. The van der Waals surface area contributed by atoms with Gasteiger partial charge in [-0.3, -0.25) is 4.90 Å². The molecule has 210 valence electrons. The van der Waals surface area contributed by atoms with Crippen molar-refractivity contribution in [3.63, 3.8) is 0 Å². The zero-order valence-electron chi connectivity index (χ0n) is 23.0. The van der Waals surface area contributed by atoms with Gasteiger partial charge in [-0.15, -0.1) is 0 Å². The van der Waals surface area contributed by atoms with E-state index in [0.29, 0.717) is 33.5 Å². The SMILES string of the molecule is COc1ncc(Cl)cc1Nc1nccc(-c2cc(C#N)c3c(c2)C(C)(COCCO)CN3C(=O)OC(C)(C)C)n1. The molecule has 1 aliphatic heterocycles. The number of ether oxygens (including phenoxy) is 3. The molecular formula is C28H31ClN6O5. The van der Waals surface area contributed by atoms with Gasteiger partial charge in [0, 0.05) is 29.9 Å². The maximum Gasteiger partial charge on any atom is 0.414 e. The predicted octanol–water partition coefficient (Wildman–Crippen LogP) is 4.84. The molecule has 1 amide bonds. The number of halogens is 1. The Morgan fingerprint density at radius 2 is 2.08 bits per heavy atom. The number of hydrogen-bond acceptors (Lipinski definition) is 10. The van der Waals surface area contributed by atoms with Gasteiger partial charge in [-0.2, -0.15) is 5.26 Å². The van der Waals surface area contributed by atoms with Crippen molar-refractivity contribution in [1.82, 2.24) is 15.0 Å². The summed E-state index contributed by atoms with van der Waals surface area (Å²) in [5.74, 6) is 0.590. The maximum absolute atomic E-state index is 13.2. The van der Waals surface area contributed by atoms with Crippen LogP contribution >= 0.6 is 11.6 Å². The van der Waals surface area contributed by atoms with Crippen LogP contribution in [0, 0.1) is 11.3 Å². The molecule has 1 aromatic carbocycles. The summed E-state index contributed by atoms with van der Waals surface area (Å²) < 4.78 is 16.7. The molecule has 2 aromatic heterocycles. The number of hydrogen-bond donors (Lipinski definition) is 2. The lowest BCUT2D eigenvalue weighted by Crippen LogP contribution is -2.41. The van der Waals surface area contributed by atoms with Gasteiger partial charge in [0.2, 0.25) is 11.8 Å². The van der Waals surface area contributed by atoms with Gasteiger partial charge >= 0.3 is 6.09 Å². The molecule has 0 bridgehead atoms. The number of nitrogens with one attached hydrogen (secondary N) is 1. The molecule has 3 aromatic rings. The molecule has 0 radical (unpaired) electrons. The van der Waals surface area contributed by atoms with E-state index in [0.717, 1.165) is 5.56 Å². The van der Waals surface area contributed by atoms with Crippen LogP contribution in [0.2, 0.25) is 5.02 Å². The standard InChI is InChI=1S/C28H31ClN6O5/c1-27(2,3)40-26(37)35-15-28(4,16-39-9-8-36)20-11-17(10-18(13-30)23(20)35)21-6-7-31-25(33-21)34-22-12-19(29)14-32-24(22)38-5/h6-7,10-12,14,36H,8-9,15-16H2,1-5H3,(H,31,33,34). The highest BCUT2D eigenvalue weighted by Gasteiger charge is 2.45. The van der Waals surface area contributed by atoms with Crippen LogP contribution in [0.5, 0.6) is 5.88 Å². The van der Waals surface area contributed by atoms with Gasteiger partial charge in [0.05, 0.1) is 48.9 Å². The van der Waals surface area contributed by atoms with Crippen LogP contribution in [0.15, 0.2) is 36.7 Å². The lowest BCUT2D eigenvalue weighted by atomic mass is 9.83. The first kappa shape index (κ1) is 29.0. The van der Waals surface area contributed by atoms with E-state index in [2.05, 4.69) is 26.3 Å². The summed E-state index contributed by atoms with van der Waals surface area (Å²) in [6.07, 6.45) is 2.50. The highest BCUT2D eigenvalue weighted by atomic mass is 35.5.